The Hall–Kier alpha value is -1.79. The van der Waals surface area contributed by atoms with Crippen molar-refractivity contribution in [3.8, 4) is 5.75 Å². The van der Waals surface area contributed by atoms with Crippen molar-refractivity contribution in [2.75, 3.05) is 5.32 Å². The number of nitro benzene ring substituents is 1. The lowest BCUT2D eigenvalue weighted by Crippen LogP contribution is -2.00. The lowest BCUT2D eigenvalue weighted by atomic mass is 10.2. The van der Waals surface area contributed by atoms with Crippen molar-refractivity contribution in [3.05, 3.63) is 61.6 Å². The van der Waals surface area contributed by atoms with Crippen LogP contribution in [0.25, 0.3) is 0 Å². The number of nitrogens with zero attached hydrogens (tertiary/aromatic N) is 1. The van der Waals surface area contributed by atoms with E-state index in [1.54, 1.807) is 30.3 Å². The summed E-state index contributed by atoms with van der Waals surface area (Å²) in [6.45, 7) is 0.358. The highest BCUT2D eigenvalue weighted by atomic mass is 79.9. The number of phenols is 1. The lowest BCUT2D eigenvalue weighted by molar-refractivity contribution is -0.385. The summed E-state index contributed by atoms with van der Waals surface area (Å²) in [6, 6.07) is 9.71. The highest BCUT2D eigenvalue weighted by molar-refractivity contribution is 9.10. The van der Waals surface area contributed by atoms with Gasteiger partial charge in [-0.1, -0.05) is 23.7 Å². The molecular formula is C13H10BrClN2O3. The number of nitro groups is 1. The largest absolute Gasteiger partial charge is 0.506 e. The minimum Gasteiger partial charge on any atom is -0.506 e. The Morgan fingerprint density at radius 3 is 2.75 bits per heavy atom. The number of para-hydroxylation sites is 1. The average Bonchev–Trinajstić information content (AvgIpc) is 2.40. The zero-order chi connectivity index (χ0) is 14.7. The highest BCUT2D eigenvalue weighted by Gasteiger charge is 2.12. The van der Waals surface area contributed by atoms with Crippen LogP contribution in [0.3, 0.4) is 0 Å². The highest BCUT2D eigenvalue weighted by Crippen LogP contribution is 2.30. The molecule has 0 saturated carbocycles. The lowest BCUT2D eigenvalue weighted by Gasteiger charge is -2.09. The van der Waals surface area contributed by atoms with E-state index in [2.05, 4.69) is 21.2 Å². The first-order valence-electron chi connectivity index (χ1n) is 5.63. The summed E-state index contributed by atoms with van der Waals surface area (Å²) < 4.78 is 0.391. The second-order valence-corrected chi connectivity index (χ2v) is 5.29. The van der Waals surface area contributed by atoms with Crippen molar-refractivity contribution in [1.29, 1.82) is 0 Å². The van der Waals surface area contributed by atoms with Gasteiger partial charge in [-0.25, -0.2) is 0 Å². The van der Waals surface area contributed by atoms with Crippen LogP contribution in [0.2, 0.25) is 5.02 Å². The molecule has 0 radical (unpaired) electrons. The molecule has 0 aliphatic rings. The van der Waals surface area contributed by atoms with Gasteiger partial charge in [-0.05, 0) is 34.1 Å². The molecule has 2 N–H and O–H groups in total. The van der Waals surface area contributed by atoms with Gasteiger partial charge in [-0.3, -0.25) is 10.1 Å². The van der Waals surface area contributed by atoms with Gasteiger partial charge in [0.1, 0.15) is 5.75 Å². The summed E-state index contributed by atoms with van der Waals surface area (Å²) in [7, 11) is 0. The molecule has 0 aliphatic carbocycles. The van der Waals surface area contributed by atoms with Crippen LogP contribution in [-0.2, 0) is 6.54 Å². The van der Waals surface area contributed by atoms with E-state index in [0.29, 0.717) is 22.3 Å². The van der Waals surface area contributed by atoms with Gasteiger partial charge in [0.05, 0.1) is 14.4 Å². The number of halogens is 2. The van der Waals surface area contributed by atoms with E-state index in [1.165, 1.54) is 6.07 Å². The molecule has 2 aromatic rings. The first kappa shape index (κ1) is 14.6. The fourth-order valence-electron chi connectivity index (χ4n) is 1.66. The van der Waals surface area contributed by atoms with E-state index in [1.807, 2.05) is 0 Å². The molecular weight excluding hydrogens is 348 g/mol. The molecule has 20 heavy (non-hydrogen) atoms. The smallest absolute Gasteiger partial charge is 0.283 e. The Balaban J connectivity index is 2.13. The molecule has 0 fully saturated rings. The van der Waals surface area contributed by atoms with Crippen molar-refractivity contribution in [2.45, 2.75) is 6.54 Å². The number of hydrogen-bond donors (Lipinski definition) is 2. The minimum atomic E-state index is -0.462. The summed E-state index contributed by atoms with van der Waals surface area (Å²) >= 11 is 8.96. The summed E-state index contributed by atoms with van der Waals surface area (Å²) in [5.74, 6) is 0.0302. The molecule has 7 heteroatoms. The molecule has 0 heterocycles. The van der Waals surface area contributed by atoms with Gasteiger partial charge >= 0.3 is 0 Å². The zero-order valence-electron chi connectivity index (χ0n) is 10.1. The first-order chi connectivity index (χ1) is 9.49. The SMILES string of the molecule is O=[N+]([O-])c1ccc(NCc2cccc(Cl)c2O)cc1Br. The second-order valence-electron chi connectivity index (χ2n) is 4.02. The van der Waals surface area contributed by atoms with Crippen molar-refractivity contribution in [1.82, 2.24) is 0 Å². The summed E-state index contributed by atoms with van der Waals surface area (Å²) in [5.41, 5.74) is 1.34. The number of benzene rings is 2. The number of nitrogens with one attached hydrogen (secondary N) is 1. The zero-order valence-corrected chi connectivity index (χ0v) is 12.5. The number of aromatic hydroxyl groups is 1. The van der Waals surface area contributed by atoms with E-state index in [9.17, 15) is 15.2 Å². The molecule has 0 amide bonds. The molecule has 0 atom stereocenters. The number of rotatable bonds is 4. The van der Waals surface area contributed by atoms with Crippen LogP contribution >= 0.6 is 27.5 Å². The van der Waals surface area contributed by atoms with Gasteiger partial charge in [-0.2, -0.15) is 0 Å². The summed E-state index contributed by atoms with van der Waals surface area (Å²) in [6.07, 6.45) is 0. The number of hydrogen-bond acceptors (Lipinski definition) is 4. The van der Waals surface area contributed by atoms with Crippen LogP contribution in [0.1, 0.15) is 5.56 Å². The minimum absolute atomic E-state index is 0.00107. The van der Waals surface area contributed by atoms with E-state index in [0.717, 1.165) is 0 Å². The van der Waals surface area contributed by atoms with E-state index < -0.39 is 4.92 Å². The summed E-state index contributed by atoms with van der Waals surface area (Å²) in [5, 5.41) is 23.8. The topological polar surface area (TPSA) is 75.4 Å². The predicted octanol–water partition coefficient (Wildman–Crippen LogP) is 4.33. The Morgan fingerprint density at radius 1 is 1.35 bits per heavy atom. The van der Waals surface area contributed by atoms with Gasteiger partial charge in [0.2, 0.25) is 0 Å². The van der Waals surface area contributed by atoms with E-state index in [-0.39, 0.29) is 16.5 Å². The van der Waals surface area contributed by atoms with Gasteiger partial charge in [-0.15, -0.1) is 0 Å². The van der Waals surface area contributed by atoms with Crippen LogP contribution in [0.5, 0.6) is 5.75 Å². The Morgan fingerprint density at radius 2 is 2.10 bits per heavy atom. The fraction of sp³-hybridized carbons (Fsp3) is 0.0769. The molecule has 104 valence electrons. The molecule has 5 nitrogen and oxygen atoms in total. The van der Waals surface area contributed by atoms with Crippen LogP contribution in [0.15, 0.2) is 40.9 Å². The predicted molar refractivity (Wildman–Crippen MR) is 81.2 cm³/mol. The maximum absolute atomic E-state index is 10.7. The molecule has 0 spiro atoms. The van der Waals surface area contributed by atoms with Crippen molar-refractivity contribution >= 4 is 38.9 Å². The van der Waals surface area contributed by atoms with Crippen LogP contribution in [-0.4, -0.2) is 10.0 Å². The van der Waals surface area contributed by atoms with Crippen LogP contribution in [0.4, 0.5) is 11.4 Å². The Labute approximate surface area is 128 Å². The van der Waals surface area contributed by atoms with Crippen LogP contribution in [0, 0.1) is 10.1 Å². The van der Waals surface area contributed by atoms with Crippen LogP contribution < -0.4 is 5.32 Å². The van der Waals surface area contributed by atoms with E-state index in [4.69, 9.17) is 11.6 Å². The molecule has 0 aromatic heterocycles. The number of phenolic OH excluding ortho intramolecular Hbond substituents is 1. The van der Waals surface area contributed by atoms with Crippen molar-refractivity contribution in [3.63, 3.8) is 0 Å². The Bertz CT molecular complexity index is 664. The average molecular weight is 358 g/mol. The van der Waals surface area contributed by atoms with Crippen molar-refractivity contribution in [2.24, 2.45) is 0 Å². The standard InChI is InChI=1S/C13H10BrClN2O3/c14-10-6-9(4-5-12(10)17(19)20)16-7-8-2-1-3-11(15)13(8)18/h1-6,16,18H,7H2. The van der Waals surface area contributed by atoms with Gasteiger partial charge in [0.15, 0.2) is 0 Å². The third-order valence-corrected chi connectivity index (χ3v) is 3.64. The second kappa shape index (κ2) is 6.11. The molecule has 0 saturated heterocycles. The molecule has 2 rings (SSSR count). The fourth-order valence-corrected chi connectivity index (χ4v) is 2.38. The van der Waals surface area contributed by atoms with Gasteiger partial charge in [0.25, 0.3) is 5.69 Å². The third kappa shape index (κ3) is 3.20. The monoisotopic (exact) mass is 356 g/mol. The molecule has 0 bridgehead atoms. The van der Waals surface area contributed by atoms with Crippen molar-refractivity contribution < 1.29 is 10.0 Å². The third-order valence-electron chi connectivity index (χ3n) is 2.70. The number of anilines is 1. The maximum Gasteiger partial charge on any atom is 0.283 e. The molecule has 0 aliphatic heterocycles. The molecule has 0 unspecified atom stereocenters. The summed E-state index contributed by atoms with van der Waals surface area (Å²) in [4.78, 5) is 10.2. The van der Waals surface area contributed by atoms with Gasteiger partial charge < -0.3 is 10.4 Å². The molecule has 2 aromatic carbocycles. The maximum atomic E-state index is 10.7. The Kier molecular flexibility index (Phi) is 4.46. The quantitative estimate of drug-likeness (QED) is 0.631. The first-order valence-corrected chi connectivity index (χ1v) is 6.80. The van der Waals surface area contributed by atoms with Gasteiger partial charge in [0, 0.05) is 23.9 Å². The normalized spacial score (nSPS) is 10.3. The van der Waals surface area contributed by atoms with E-state index >= 15 is 0 Å².